The Hall–Kier alpha value is -2.09. The third kappa shape index (κ3) is 2.50. The van der Waals surface area contributed by atoms with E-state index in [1.54, 1.807) is 18.2 Å². The summed E-state index contributed by atoms with van der Waals surface area (Å²) in [6.45, 7) is 0.258. The Bertz CT molecular complexity index is 1010. The van der Waals surface area contributed by atoms with Gasteiger partial charge in [-0.2, -0.15) is 0 Å². The average molecular weight is 381 g/mol. The maximum atomic E-state index is 14.4. The first-order valence-electron chi connectivity index (χ1n) is 7.64. The van der Waals surface area contributed by atoms with Gasteiger partial charge < -0.3 is 10.4 Å². The van der Waals surface area contributed by atoms with Crippen molar-refractivity contribution in [2.75, 3.05) is 10.8 Å². The summed E-state index contributed by atoms with van der Waals surface area (Å²) in [7, 11) is -4.01. The molecule has 2 aliphatic rings. The number of hydrogen-bond acceptors (Lipinski definition) is 4. The van der Waals surface area contributed by atoms with Gasteiger partial charge in [0.05, 0.1) is 10.6 Å². The van der Waals surface area contributed by atoms with E-state index in [1.807, 2.05) is 0 Å². The molecule has 1 atom stereocenters. The Morgan fingerprint density at radius 3 is 2.88 bits per heavy atom. The summed E-state index contributed by atoms with van der Waals surface area (Å²) in [5.74, 6) is -0.731. The number of anilines is 1. The smallest absolute Gasteiger partial charge is 0.265 e. The van der Waals surface area contributed by atoms with Crippen LogP contribution in [0, 0.1) is 0 Å². The van der Waals surface area contributed by atoms with Crippen LogP contribution in [0.25, 0.3) is 5.83 Å². The molecule has 2 aliphatic heterocycles. The zero-order valence-corrected chi connectivity index (χ0v) is 14.5. The van der Waals surface area contributed by atoms with Gasteiger partial charge >= 0.3 is 0 Å². The number of sulfonamides is 1. The van der Waals surface area contributed by atoms with E-state index < -0.39 is 22.1 Å². The SMILES string of the molecule is O=S(=O)(c1cccc2c1C(F)=CNC2O)N1CCc2ccc(Cl)cc21. The highest BCUT2D eigenvalue weighted by atomic mass is 35.5. The van der Waals surface area contributed by atoms with Gasteiger partial charge in [0.25, 0.3) is 10.0 Å². The third-order valence-corrected chi connectivity index (χ3v) is 6.52. The topological polar surface area (TPSA) is 69.6 Å². The van der Waals surface area contributed by atoms with E-state index in [2.05, 4.69) is 5.32 Å². The van der Waals surface area contributed by atoms with Crippen molar-refractivity contribution in [3.05, 3.63) is 64.3 Å². The van der Waals surface area contributed by atoms with Gasteiger partial charge in [0.15, 0.2) is 6.23 Å². The van der Waals surface area contributed by atoms with Crippen LogP contribution in [0.1, 0.15) is 22.9 Å². The van der Waals surface area contributed by atoms with Crippen molar-refractivity contribution in [2.45, 2.75) is 17.5 Å². The molecule has 0 saturated heterocycles. The van der Waals surface area contributed by atoms with Crippen molar-refractivity contribution in [1.29, 1.82) is 0 Å². The molecule has 2 aromatic rings. The zero-order valence-electron chi connectivity index (χ0n) is 12.9. The molecule has 2 N–H and O–H groups in total. The number of nitrogens with zero attached hydrogens (tertiary/aromatic N) is 1. The molecule has 25 heavy (non-hydrogen) atoms. The Balaban J connectivity index is 1.89. The van der Waals surface area contributed by atoms with E-state index in [1.165, 1.54) is 22.5 Å². The minimum atomic E-state index is -4.01. The maximum Gasteiger partial charge on any atom is 0.265 e. The van der Waals surface area contributed by atoms with Crippen LogP contribution in [0.4, 0.5) is 10.1 Å². The van der Waals surface area contributed by atoms with Crippen LogP contribution in [-0.4, -0.2) is 20.1 Å². The highest BCUT2D eigenvalue weighted by molar-refractivity contribution is 7.93. The van der Waals surface area contributed by atoms with Crippen molar-refractivity contribution in [3.63, 3.8) is 0 Å². The number of nitrogens with one attached hydrogen (secondary N) is 1. The molecule has 0 saturated carbocycles. The third-order valence-electron chi connectivity index (χ3n) is 4.43. The number of rotatable bonds is 2. The second-order valence-corrected chi connectivity index (χ2v) is 8.15. The van der Waals surface area contributed by atoms with Crippen LogP contribution in [-0.2, 0) is 16.4 Å². The van der Waals surface area contributed by atoms with Gasteiger partial charge in [-0.05, 0) is 30.2 Å². The normalized spacial score (nSPS) is 19.1. The quantitative estimate of drug-likeness (QED) is 0.840. The van der Waals surface area contributed by atoms with E-state index in [-0.39, 0.29) is 22.6 Å². The van der Waals surface area contributed by atoms with Gasteiger partial charge in [-0.3, -0.25) is 4.31 Å². The molecule has 130 valence electrons. The Morgan fingerprint density at radius 1 is 1.28 bits per heavy atom. The summed E-state index contributed by atoms with van der Waals surface area (Å²) in [5.41, 5.74) is 1.45. The molecule has 5 nitrogen and oxygen atoms in total. The van der Waals surface area contributed by atoms with Gasteiger partial charge in [-0.25, -0.2) is 12.8 Å². The summed E-state index contributed by atoms with van der Waals surface area (Å²) in [4.78, 5) is -0.174. The monoisotopic (exact) mass is 380 g/mol. The van der Waals surface area contributed by atoms with Crippen LogP contribution < -0.4 is 9.62 Å². The number of hydrogen-bond donors (Lipinski definition) is 2. The standard InChI is InChI=1S/C17H14ClFN2O3S/c18-11-5-4-10-6-7-21(14(10)8-11)25(23,24)15-3-1-2-12-16(15)13(19)9-20-17(12)22/h1-5,8-9,17,20,22H,6-7H2. The molecule has 0 fully saturated rings. The summed E-state index contributed by atoms with van der Waals surface area (Å²) in [6, 6.07) is 9.44. The summed E-state index contributed by atoms with van der Waals surface area (Å²) in [6.07, 6.45) is 0.370. The fourth-order valence-corrected chi connectivity index (χ4v) is 5.14. The first kappa shape index (κ1) is 16.4. The predicted molar refractivity (Wildman–Crippen MR) is 93.3 cm³/mol. The summed E-state index contributed by atoms with van der Waals surface area (Å²) in [5, 5.41) is 12.9. The van der Waals surface area contributed by atoms with Crippen LogP contribution in [0.2, 0.25) is 5.02 Å². The second kappa shape index (κ2) is 5.72. The fourth-order valence-electron chi connectivity index (χ4n) is 3.25. The first-order chi connectivity index (χ1) is 11.9. The summed E-state index contributed by atoms with van der Waals surface area (Å²) < 4.78 is 42.1. The fraction of sp³-hybridized carbons (Fsp3) is 0.176. The number of fused-ring (bicyclic) bond motifs is 2. The predicted octanol–water partition coefficient (Wildman–Crippen LogP) is 2.95. The molecular formula is C17H14ClFN2O3S. The van der Waals surface area contributed by atoms with Crippen LogP contribution in [0.3, 0.4) is 0 Å². The van der Waals surface area contributed by atoms with Crippen molar-refractivity contribution >= 4 is 33.1 Å². The number of aliphatic hydroxyl groups is 1. The molecule has 8 heteroatoms. The minimum Gasteiger partial charge on any atom is -0.369 e. The number of aliphatic hydroxyl groups excluding tert-OH is 1. The lowest BCUT2D eigenvalue weighted by Crippen LogP contribution is -2.31. The Labute approximate surface area is 149 Å². The van der Waals surface area contributed by atoms with E-state index in [0.717, 1.165) is 11.8 Å². The molecule has 0 spiro atoms. The maximum absolute atomic E-state index is 14.4. The minimum absolute atomic E-state index is 0.107. The van der Waals surface area contributed by atoms with E-state index in [4.69, 9.17) is 11.6 Å². The van der Waals surface area contributed by atoms with Crippen molar-refractivity contribution in [2.24, 2.45) is 0 Å². The van der Waals surface area contributed by atoms with Crippen molar-refractivity contribution in [1.82, 2.24) is 5.32 Å². The highest BCUT2D eigenvalue weighted by Gasteiger charge is 2.35. The van der Waals surface area contributed by atoms with Gasteiger partial charge in [0.2, 0.25) is 0 Å². The Kier molecular flexibility index (Phi) is 3.75. The largest absolute Gasteiger partial charge is 0.369 e. The molecule has 2 aromatic carbocycles. The van der Waals surface area contributed by atoms with E-state index in [9.17, 15) is 17.9 Å². The van der Waals surface area contributed by atoms with E-state index >= 15 is 0 Å². The van der Waals surface area contributed by atoms with Gasteiger partial charge in [-0.1, -0.05) is 29.8 Å². The lowest BCUT2D eigenvalue weighted by Gasteiger charge is -2.25. The molecule has 2 heterocycles. The summed E-state index contributed by atoms with van der Waals surface area (Å²) >= 11 is 6.01. The average Bonchev–Trinajstić information content (AvgIpc) is 3.01. The first-order valence-corrected chi connectivity index (χ1v) is 9.45. The molecule has 0 bridgehead atoms. The molecule has 0 aliphatic carbocycles. The number of halogens is 2. The van der Waals surface area contributed by atoms with Crippen LogP contribution in [0.15, 0.2) is 47.5 Å². The van der Waals surface area contributed by atoms with E-state index in [0.29, 0.717) is 17.1 Å². The lowest BCUT2D eigenvalue weighted by atomic mass is 10.0. The lowest BCUT2D eigenvalue weighted by molar-refractivity contribution is 0.153. The molecule has 1 unspecified atom stereocenters. The highest BCUT2D eigenvalue weighted by Crippen LogP contribution is 2.39. The van der Waals surface area contributed by atoms with Gasteiger partial charge in [0.1, 0.15) is 5.83 Å². The van der Waals surface area contributed by atoms with Gasteiger partial charge in [0, 0.05) is 28.9 Å². The molecule has 0 aromatic heterocycles. The Morgan fingerprint density at radius 2 is 2.08 bits per heavy atom. The van der Waals surface area contributed by atoms with Crippen LogP contribution >= 0.6 is 11.6 Å². The molecule has 0 amide bonds. The molecular weight excluding hydrogens is 367 g/mol. The zero-order chi connectivity index (χ0) is 17.8. The van der Waals surface area contributed by atoms with Crippen molar-refractivity contribution in [3.8, 4) is 0 Å². The number of benzene rings is 2. The van der Waals surface area contributed by atoms with Crippen LogP contribution in [0.5, 0.6) is 0 Å². The van der Waals surface area contributed by atoms with Crippen molar-refractivity contribution < 1.29 is 17.9 Å². The van der Waals surface area contributed by atoms with Gasteiger partial charge in [-0.15, -0.1) is 0 Å². The molecule has 0 radical (unpaired) electrons. The molecule has 4 rings (SSSR count). The second-order valence-electron chi connectivity index (χ2n) is 5.88.